The summed E-state index contributed by atoms with van der Waals surface area (Å²) in [7, 11) is 0. The number of rotatable bonds is 4. The number of hydrogen-bond acceptors (Lipinski definition) is 3. The minimum Gasteiger partial charge on any atom is -0.302 e. The van der Waals surface area contributed by atoms with Crippen molar-refractivity contribution in [1.29, 1.82) is 0 Å². The highest BCUT2D eigenvalue weighted by Gasteiger charge is 2.37. The third kappa shape index (κ3) is 2.48. The van der Waals surface area contributed by atoms with Crippen LogP contribution in [0.2, 0.25) is 0 Å². The van der Waals surface area contributed by atoms with E-state index in [0.717, 1.165) is 41.9 Å². The normalized spacial score (nSPS) is 17.1. The van der Waals surface area contributed by atoms with Gasteiger partial charge in [0.05, 0.1) is 11.4 Å². The van der Waals surface area contributed by atoms with E-state index in [1.165, 1.54) is 5.69 Å². The van der Waals surface area contributed by atoms with Crippen LogP contribution >= 0.6 is 11.3 Å². The summed E-state index contributed by atoms with van der Waals surface area (Å²) in [6.07, 6.45) is 6.31. The Labute approximate surface area is 139 Å². The molecule has 0 saturated heterocycles. The fourth-order valence-electron chi connectivity index (χ4n) is 3.78. The van der Waals surface area contributed by atoms with Crippen LogP contribution in [0.25, 0.3) is 4.96 Å². The van der Waals surface area contributed by atoms with Crippen LogP contribution in [-0.2, 0) is 12.1 Å². The van der Waals surface area contributed by atoms with E-state index in [-0.39, 0.29) is 11.4 Å². The van der Waals surface area contributed by atoms with E-state index in [1.54, 1.807) is 23.5 Å². The third-order valence-corrected chi connectivity index (χ3v) is 5.76. The summed E-state index contributed by atoms with van der Waals surface area (Å²) >= 11 is 1.64. The lowest BCUT2D eigenvalue weighted by atomic mass is 9.87. The van der Waals surface area contributed by atoms with E-state index >= 15 is 0 Å². The fraction of sp³-hybridized carbons (Fsp3) is 0.389. The van der Waals surface area contributed by atoms with Crippen LogP contribution < -0.4 is 5.32 Å². The van der Waals surface area contributed by atoms with Gasteiger partial charge in [-0.05, 0) is 25.8 Å². The first-order chi connectivity index (χ1) is 11.2. The summed E-state index contributed by atoms with van der Waals surface area (Å²) in [6, 6.07) is 7.19. The number of benzene rings is 1. The van der Waals surface area contributed by atoms with Gasteiger partial charge in [-0.2, -0.15) is 0 Å². The lowest BCUT2D eigenvalue weighted by Gasteiger charge is -2.31. The molecular formula is C18H20FN3S. The average Bonchev–Trinajstić information content (AvgIpc) is 3.23. The molecule has 1 fully saturated rings. The van der Waals surface area contributed by atoms with Crippen molar-refractivity contribution in [2.24, 2.45) is 0 Å². The number of nitrogens with one attached hydrogen (secondary N) is 1. The zero-order valence-electron chi connectivity index (χ0n) is 13.2. The second-order valence-electron chi connectivity index (χ2n) is 6.32. The van der Waals surface area contributed by atoms with E-state index in [9.17, 15) is 4.39 Å². The highest BCUT2D eigenvalue weighted by molar-refractivity contribution is 7.15. The fourth-order valence-corrected chi connectivity index (χ4v) is 4.55. The van der Waals surface area contributed by atoms with Crippen LogP contribution in [0.3, 0.4) is 0 Å². The Balaban J connectivity index is 1.66. The zero-order valence-corrected chi connectivity index (χ0v) is 14.0. The molecule has 1 aliphatic rings. The molecule has 0 radical (unpaired) electrons. The largest absolute Gasteiger partial charge is 0.302 e. The van der Waals surface area contributed by atoms with Crippen LogP contribution in [0.15, 0.2) is 35.8 Å². The lowest BCUT2D eigenvalue weighted by Crippen LogP contribution is -2.40. The van der Waals surface area contributed by atoms with Crippen molar-refractivity contribution in [1.82, 2.24) is 14.7 Å². The molecule has 1 aliphatic carbocycles. The molecular weight excluding hydrogens is 309 g/mol. The first-order valence-electron chi connectivity index (χ1n) is 8.11. The number of hydrogen-bond donors (Lipinski definition) is 1. The Morgan fingerprint density at radius 1 is 1.30 bits per heavy atom. The van der Waals surface area contributed by atoms with E-state index in [1.807, 2.05) is 24.4 Å². The summed E-state index contributed by atoms with van der Waals surface area (Å²) in [5.41, 5.74) is 2.77. The molecule has 1 aromatic carbocycles. The van der Waals surface area contributed by atoms with Gasteiger partial charge in [0.1, 0.15) is 5.82 Å². The maximum Gasteiger partial charge on any atom is 0.194 e. The SMILES string of the molecule is Cc1nc2sccn2c1CNC1(c2ccccc2F)CCCC1. The number of aryl methyl sites for hydroxylation is 1. The van der Waals surface area contributed by atoms with Crippen molar-refractivity contribution >= 4 is 16.3 Å². The highest BCUT2D eigenvalue weighted by Crippen LogP contribution is 2.40. The van der Waals surface area contributed by atoms with E-state index in [4.69, 9.17) is 0 Å². The van der Waals surface area contributed by atoms with Crippen LogP contribution in [0.5, 0.6) is 0 Å². The van der Waals surface area contributed by atoms with Gasteiger partial charge in [0.15, 0.2) is 4.96 Å². The molecule has 3 nitrogen and oxygen atoms in total. The Bertz CT molecular complexity index is 830. The minimum atomic E-state index is -0.252. The quantitative estimate of drug-likeness (QED) is 0.768. The molecule has 2 aromatic heterocycles. The van der Waals surface area contributed by atoms with Crippen molar-refractivity contribution in [2.75, 3.05) is 0 Å². The van der Waals surface area contributed by atoms with E-state index in [0.29, 0.717) is 6.54 Å². The van der Waals surface area contributed by atoms with Gasteiger partial charge < -0.3 is 5.32 Å². The predicted octanol–water partition coefficient (Wildman–Crippen LogP) is 4.40. The second kappa shape index (κ2) is 5.73. The van der Waals surface area contributed by atoms with Crippen molar-refractivity contribution < 1.29 is 4.39 Å². The smallest absolute Gasteiger partial charge is 0.194 e. The summed E-state index contributed by atoms with van der Waals surface area (Å²) in [4.78, 5) is 5.62. The van der Waals surface area contributed by atoms with Crippen molar-refractivity contribution in [2.45, 2.75) is 44.7 Å². The summed E-state index contributed by atoms with van der Waals surface area (Å²) < 4.78 is 16.5. The molecule has 4 rings (SSSR count). The number of halogens is 1. The van der Waals surface area contributed by atoms with E-state index in [2.05, 4.69) is 20.9 Å². The van der Waals surface area contributed by atoms with Crippen LogP contribution in [0, 0.1) is 12.7 Å². The average molecular weight is 329 g/mol. The molecule has 0 amide bonds. The number of fused-ring (bicyclic) bond motifs is 1. The molecule has 23 heavy (non-hydrogen) atoms. The second-order valence-corrected chi connectivity index (χ2v) is 7.20. The molecule has 1 saturated carbocycles. The van der Waals surface area contributed by atoms with E-state index < -0.39 is 0 Å². The topological polar surface area (TPSA) is 29.3 Å². The number of aromatic nitrogens is 2. The van der Waals surface area contributed by atoms with Gasteiger partial charge in [-0.25, -0.2) is 9.37 Å². The molecule has 0 spiro atoms. The Kier molecular flexibility index (Phi) is 3.70. The van der Waals surface area contributed by atoms with Gasteiger partial charge in [0.2, 0.25) is 0 Å². The molecule has 120 valence electrons. The van der Waals surface area contributed by atoms with Crippen LogP contribution in [-0.4, -0.2) is 9.38 Å². The summed E-state index contributed by atoms with van der Waals surface area (Å²) in [6.45, 7) is 2.75. The lowest BCUT2D eigenvalue weighted by molar-refractivity contribution is 0.323. The number of thiazole rings is 1. The van der Waals surface area contributed by atoms with Crippen molar-refractivity contribution in [3.63, 3.8) is 0 Å². The Morgan fingerprint density at radius 3 is 2.87 bits per heavy atom. The maximum absolute atomic E-state index is 14.4. The number of imidazole rings is 1. The Hall–Kier alpha value is -1.72. The first kappa shape index (κ1) is 14.8. The molecule has 3 aromatic rings. The third-order valence-electron chi connectivity index (χ3n) is 5.00. The highest BCUT2D eigenvalue weighted by atomic mass is 32.1. The van der Waals surface area contributed by atoms with Crippen molar-refractivity contribution in [3.05, 3.63) is 58.6 Å². The molecule has 0 bridgehead atoms. The predicted molar refractivity (Wildman–Crippen MR) is 91.2 cm³/mol. The van der Waals surface area contributed by atoms with Gasteiger partial charge in [-0.1, -0.05) is 31.0 Å². The maximum atomic E-state index is 14.4. The van der Waals surface area contributed by atoms with Crippen molar-refractivity contribution in [3.8, 4) is 0 Å². The molecule has 0 unspecified atom stereocenters. The first-order valence-corrected chi connectivity index (χ1v) is 8.99. The molecule has 2 heterocycles. The molecule has 5 heteroatoms. The van der Waals surface area contributed by atoms with Crippen LogP contribution in [0.1, 0.15) is 42.6 Å². The molecule has 0 atom stereocenters. The van der Waals surface area contributed by atoms with Crippen LogP contribution in [0.4, 0.5) is 4.39 Å². The summed E-state index contributed by atoms with van der Waals surface area (Å²) in [5.74, 6) is -0.104. The monoisotopic (exact) mass is 329 g/mol. The summed E-state index contributed by atoms with van der Waals surface area (Å²) in [5, 5.41) is 5.73. The van der Waals surface area contributed by atoms with Gasteiger partial charge in [0, 0.05) is 29.2 Å². The minimum absolute atomic E-state index is 0.104. The standard InChI is InChI=1S/C18H20FN3S/c1-13-16(22-10-11-23-17(22)21-13)12-20-18(8-4-5-9-18)14-6-2-3-7-15(14)19/h2-3,6-7,10-11,20H,4-5,8-9,12H2,1H3. The van der Waals surface area contributed by atoms with Gasteiger partial charge in [-0.3, -0.25) is 4.40 Å². The Morgan fingerprint density at radius 2 is 2.09 bits per heavy atom. The zero-order chi connectivity index (χ0) is 15.9. The van der Waals surface area contributed by atoms with Gasteiger partial charge in [0.25, 0.3) is 0 Å². The molecule has 1 N–H and O–H groups in total. The number of nitrogens with zero attached hydrogens (tertiary/aromatic N) is 2. The van der Waals surface area contributed by atoms with Gasteiger partial charge in [-0.15, -0.1) is 11.3 Å². The molecule has 0 aliphatic heterocycles. The van der Waals surface area contributed by atoms with Gasteiger partial charge >= 0.3 is 0 Å².